The summed E-state index contributed by atoms with van der Waals surface area (Å²) in [6, 6.07) is 8.18. The van der Waals surface area contributed by atoms with Crippen LogP contribution in [0.15, 0.2) is 40.6 Å². The van der Waals surface area contributed by atoms with Gasteiger partial charge >= 0.3 is 0 Å². The summed E-state index contributed by atoms with van der Waals surface area (Å²) in [5.41, 5.74) is 1.48. The summed E-state index contributed by atoms with van der Waals surface area (Å²) in [6.45, 7) is 6.81. The lowest BCUT2D eigenvalue weighted by Crippen LogP contribution is -2.31. The molecule has 1 amide bonds. The second kappa shape index (κ2) is 7.92. The molecule has 0 radical (unpaired) electrons. The first-order valence-corrected chi connectivity index (χ1v) is 10.1. The highest BCUT2D eigenvalue weighted by Crippen LogP contribution is 2.18. The van der Waals surface area contributed by atoms with Crippen molar-refractivity contribution in [2.24, 2.45) is 0 Å². The number of carbonyl (C=O) groups excluding carboxylic acids is 1. The third-order valence-electron chi connectivity index (χ3n) is 3.82. The first-order chi connectivity index (χ1) is 11.4. The Morgan fingerprint density at radius 2 is 1.92 bits per heavy atom. The Morgan fingerprint density at radius 3 is 2.50 bits per heavy atom. The van der Waals surface area contributed by atoms with Crippen molar-refractivity contribution >= 4 is 27.3 Å². The maximum Gasteiger partial charge on any atom is 0.251 e. The molecule has 0 bridgehead atoms. The van der Waals surface area contributed by atoms with E-state index in [-0.39, 0.29) is 10.8 Å². The van der Waals surface area contributed by atoms with Crippen molar-refractivity contribution in [3.63, 3.8) is 0 Å². The van der Waals surface area contributed by atoms with Crippen LogP contribution in [0.5, 0.6) is 0 Å². The lowest BCUT2D eigenvalue weighted by atomic mass is 10.2. The van der Waals surface area contributed by atoms with Crippen LogP contribution in [0.4, 0.5) is 0 Å². The van der Waals surface area contributed by atoms with Crippen LogP contribution < -0.4 is 5.32 Å². The summed E-state index contributed by atoms with van der Waals surface area (Å²) >= 11 is 1.59. The lowest BCUT2D eigenvalue weighted by molar-refractivity contribution is 0.0951. The van der Waals surface area contributed by atoms with E-state index < -0.39 is 10.0 Å². The van der Waals surface area contributed by atoms with Crippen molar-refractivity contribution in [2.45, 2.75) is 32.2 Å². The Hall–Kier alpha value is -1.70. The van der Waals surface area contributed by atoms with Gasteiger partial charge in [0.15, 0.2) is 0 Å². The summed E-state index contributed by atoms with van der Waals surface area (Å²) in [5, 5.41) is 4.82. The van der Waals surface area contributed by atoms with Gasteiger partial charge in [-0.05, 0) is 42.1 Å². The fourth-order valence-electron chi connectivity index (χ4n) is 2.36. The normalized spacial score (nSPS) is 11.7. The SMILES string of the molecule is CCN(CC)S(=O)(=O)c1cccc(C(=O)NCc2sccc2C)c1. The van der Waals surface area contributed by atoms with Gasteiger partial charge in [-0.15, -0.1) is 11.3 Å². The minimum absolute atomic E-state index is 0.145. The Labute approximate surface area is 147 Å². The lowest BCUT2D eigenvalue weighted by Gasteiger charge is -2.18. The molecule has 7 heteroatoms. The van der Waals surface area contributed by atoms with Crippen LogP contribution in [0, 0.1) is 6.92 Å². The van der Waals surface area contributed by atoms with Gasteiger partial charge in [0, 0.05) is 23.5 Å². The van der Waals surface area contributed by atoms with Gasteiger partial charge in [0.1, 0.15) is 0 Å². The number of amides is 1. The van der Waals surface area contributed by atoms with Crippen LogP contribution in [0.2, 0.25) is 0 Å². The van der Waals surface area contributed by atoms with E-state index in [2.05, 4.69) is 5.32 Å². The van der Waals surface area contributed by atoms with E-state index >= 15 is 0 Å². The van der Waals surface area contributed by atoms with Gasteiger partial charge in [-0.25, -0.2) is 8.42 Å². The number of nitrogens with one attached hydrogen (secondary N) is 1. The van der Waals surface area contributed by atoms with Crippen LogP contribution in [0.1, 0.15) is 34.6 Å². The highest BCUT2D eigenvalue weighted by atomic mass is 32.2. The fraction of sp³-hybridized carbons (Fsp3) is 0.353. The second-order valence-electron chi connectivity index (χ2n) is 5.33. The van der Waals surface area contributed by atoms with E-state index in [9.17, 15) is 13.2 Å². The highest BCUT2D eigenvalue weighted by molar-refractivity contribution is 7.89. The number of aryl methyl sites for hydroxylation is 1. The van der Waals surface area contributed by atoms with Crippen molar-refractivity contribution in [1.29, 1.82) is 0 Å². The molecule has 0 unspecified atom stereocenters. The Kier molecular flexibility index (Phi) is 6.15. The molecule has 130 valence electrons. The number of thiophene rings is 1. The van der Waals surface area contributed by atoms with Gasteiger partial charge in [-0.2, -0.15) is 4.31 Å². The van der Waals surface area contributed by atoms with Crippen molar-refractivity contribution < 1.29 is 13.2 Å². The van der Waals surface area contributed by atoms with E-state index in [1.54, 1.807) is 37.3 Å². The zero-order chi connectivity index (χ0) is 17.7. The number of rotatable bonds is 7. The number of nitrogens with zero attached hydrogens (tertiary/aromatic N) is 1. The zero-order valence-electron chi connectivity index (χ0n) is 14.1. The van der Waals surface area contributed by atoms with E-state index in [1.807, 2.05) is 18.4 Å². The molecule has 0 aliphatic rings. The summed E-state index contributed by atoms with van der Waals surface area (Å²) in [4.78, 5) is 13.6. The molecule has 5 nitrogen and oxygen atoms in total. The molecule has 0 saturated carbocycles. The number of benzene rings is 1. The molecule has 1 aromatic heterocycles. The van der Waals surface area contributed by atoms with Crippen LogP contribution in [0.3, 0.4) is 0 Å². The largest absolute Gasteiger partial charge is 0.347 e. The Balaban J connectivity index is 2.18. The summed E-state index contributed by atoms with van der Waals surface area (Å²) in [6.07, 6.45) is 0. The first kappa shape index (κ1) is 18.6. The third-order valence-corrected chi connectivity index (χ3v) is 6.89. The molecule has 0 atom stereocenters. The van der Waals surface area contributed by atoms with E-state index in [0.717, 1.165) is 10.4 Å². The molecule has 0 fully saturated rings. The van der Waals surface area contributed by atoms with Gasteiger partial charge in [0.25, 0.3) is 5.91 Å². The summed E-state index contributed by atoms with van der Waals surface area (Å²) < 4.78 is 26.5. The van der Waals surface area contributed by atoms with Gasteiger partial charge in [0.2, 0.25) is 10.0 Å². The monoisotopic (exact) mass is 366 g/mol. The number of sulfonamides is 1. The first-order valence-electron chi connectivity index (χ1n) is 7.81. The molecule has 0 saturated heterocycles. The van der Waals surface area contributed by atoms with E-state index in [0.29, 0.717) is 25.2 Å². The Bertz CT molecular complexity index is 809. The molecule has 0 aliphatic carbocycles. The quantitative estimate of drug-likeness (QED) is 0.819. The molecule has 2 rings (SSSR count). The molecule has 1 aromatic carbocycles. The summed E-state index contributed by atoms with van der Waals surface area (Å²) in [7, 11) is -3.57. The predicted molar refractivity (Wildman–Crippen MR) is 96.8 cm³/mol. The Morgan fingerprint density at radius 1 is 1.21 bits per heavy atom. The standard InChI is InChI=1S/C17H22N2O3S2/c1-4-19(5-2)24(21,22)15-8-6-7-14(11-15)17(20)18-12-16-13(3)9-10-23-16/h6-11H,4-5,12H2,1-3H3,(H,18,20). The van der Waals surface area contributed by atoms with Crippen molar-refractivity contribution in [1.82, 2.24) is 9.62 Å². The molecule has 1 heterocycles. The number of hydrogen-bond acceptors (Lipinski definition) is 4. The number of carbonyl (C=O) groups is 1. The second-order valence-corrected chi connectivity index (χ2v) is 8.27. The zero-order valence-corrected chi connectivity index (χ0v) is 15.7. The maximum atomic E-state index is 12.6. The average molecular weight is 367 g/mol. The molecular weight excluding hydrogens is 344 g/mol. The molecule has 0 aliphatic heterocycles. The van der Waals surface area contributed by atoms with Crippen LogP contribution in [-0.4, -0.2) is 31.7 Å². The molecular formula is C17H22N2O3S2. The smallest absolute Gasteiger partial charge is 0.251 e. The summed E-state index contributed by atoms with van der Waals surface area (Å²) in [5.74, 6) is -0.278. The van der Waals surface area contributed by atoms with Gasteiger partial charge in [-0.1, -0.05) is 19.9 Å². The van der Waals surface area contributed by atoms with Gasteiger partial charge in [0.05, 0.1) is 11.4 Å². The topological polar surface area (TPSA) is 66.5 Å². The number of hydrogen-bond donors (Lipinski definition) is 1. The van der Waals surface area contributed by atoms with Gasteiger partial charge in [-0.3, -0.25) is 4.79 Å². The fourth-order valence-corrected chi connectivity index (χ4v) is 4.71. The van der Waals surface area contributed by atoms with Crippen molar-refractivity contribution in [3.05, 3.63) is 51.7 Å². The van der Waals surface area contributed by atoms with Crippen LogP contribution >= 0.6 is 11.3 Å². The van der Waals surface area contributed by atoms with Crippen LogP contribution in [-0.2, 0) is 16.6 Å². The van der Waals surface area contributed by atoms with Crippen LogP contribution in [0.25, 0.3) is 0 Å². The molecule has 0 spiro atoms. The highest BCUT2D eigenvalue weighted by Gasteiger charge is 2.22. The maximum absolute atomic E-state index is 12.6. The molecule has 24 heavy (non-hydrogen) atoms. The van der Waals surface area contributed by atoms with E-state index in [4.69, 9.17) is 0 Å². The minimum Gasteiger partial charge on any atom is -0.347 e. The van der Waals surface area contributed by atoms with Crippen molar-refractivity contribution in [3.8, 4) is 0 Å². The predicted octanol–water partition coefficient (Wildman–Crippen LogP) is 3.02. The van der Waals surface area contributed by atoms with E-state index in [1.165, 1.54) is 16.4 Å². The molecule has 1 N–H and O–H groups in total. The van der Waals surface area contributed by atoms with Gasteiger partial charge < -0.3 is 5.32 Å². The minimum atomic E-state index is -3.57. The van der Waals surface area contributed by atoms with Crippen molar-refractivity contribution in [2.75, 3.05) is 13.1 Å². The third kappa shape index (κ3) is 4.03. The average Bonchev–Trinajstić information content (AvgIpc) is 2.98. The molecule has 2 aromatic rings.